The molecule has 1 aliphatic carbocycles. The van der Waals surface area contributed by atoms with Crippen molar-refractivity contribution >= 4 is 0 Å². The normalized spacial score (nSPS) is 20.1. The number of benzene rings is 1. The second-order valence-corrected chi connectivity index (χ2v) is 8.06. The number of hydrogen-bond donors (Lipinski definition) is 0. The van der Waals surface area contributed by atoms with E-state index >= 15 is 0 Å². The van der Waals surface area contributed by atoms with Crippen LogP contribution in [0.2, 0.25) is 0 Å². The van der Waals surface area contributed by atoms with Gasteiger partial charge in [-0.1, -0.05) is 82.4 Å². The Bertz CT molecular complexity index is 558. The van der Waals surface area contributed by atoms with Crippen molar-refractivity contribution in [1.82, 2.24) is 0 Å². The molecule has 0 radical (unpaired) electrons. The van der Waals surface area contributed by atoms with Crippen molar-refractivity contribution in [2.24, 2.45) is 11.8 Å². The Balaban J connectivity index is 1.69. The van der Waals surface area contributed by atoms with Gasteiger partial charge in [0.2, 0.25) is 0 Å². The molecule has 0 aliphatic heterocycles. The van der Waals surface area contributed by atoms with Gasteiger partial charge >= 0.3 is 0 Å². The van der Waals surface area contributed by atoms with Gasteiger partial charge in [-0.05, 0) is 74.1 Å². The van der Waals surface area contributed by atoms with Crippen LogP contribution in [0.5, 0.6) is 0 Å². The zero-order valence-corrected chi connectivity index (χ0v) is 17.1. The molecule has 0 saturated heterocycles. The molecule has 1 aromatic rings. The number of hydrogen-bond acceptors (Lipinski definition) is 0. The Morgan fingerprint density at radius 2 is 1.58 bits per heavy atom. The summed E-state index contributed by atoms with van der Waals surface area (Å²) in [6, 6.07) is 8.82. The maximum atomic E-state index is 3.29. The molecule has 1 aromatic carbocycles. The van der Waals surface area contributed by atoms with Gasteiger partial charge in [0.05, 0.1) is 0 Å². The second kappa shape index (κ2) is 12.8. The summed E-state index contributed by atoms with van der Waals surface area (Å²) in [6.07, 6.45) is 20.8. The third-order valence-electron chi connectivity index (χ3n) is 5.80. The second-order valence-electron chi connectivity index (χ2n) is 8.06. The van der Waals surface area contributed by atoms with Gasteiger partial charge in [-0.15, -0.1) is 0 Å². The van der Waals surface area contributed by atoms with Gasteiger partial charge in [0.15, 0.2) is 0 Å². The highest BCUT2D eigenvalue weighted by Crippen LogP contribution is 2.32. The lowest BCUT2D eigenvalue weighted by Crippen LogP contribution is -2.12. The van der Waals surface area contributed by atoms with Crippen LogP contribution < -0.4 is 0 Å². The Morgan fingerprint density at radius 1 is 0.885 bits per heavy atom. The van der Waals surface area contributed by atoms with Crippen LogP contribution >= 0.6 is 0 Å². The van der Waals surface area contributed by atoms with Crippen LogP contribution in [0.1, 0.15) is 95.6 Å². The molecular formula is C26H38. The molecule has 1 fully saturated rings. The predicted octanol–water partition coefficient (Wildman–Crippen LogP) is 7.71. The highest BCUT2D eigenvalue weighted by molar-refractivity contribution is 5.38. The van der Waals surface area contributed by atoms with E-state index in [4.69, 9.17) is 0 Å². The highest BCUT2D eigenvalue weighted by atomic mass is 14.2. The lowest BCUT2D eigenvalue weighted by molar-refractivity contribution is 0.289. The first-order valence-electron chi connectivity index (χ1n) is 11.1. The summed E-state index contributed by atoms with van der Waals surface area (Å²) in [5, 5.41) is 0. The van der Waals surface area contributed by atoms with Crippen molar-refractivity contribution < 1.29 is 0 Å². The van der Waals surface area contributed by atoms with Crippen LogP contribution in [0.3, 0.4) is 0 Å². The molecule has 26 heavy (non-hydrogen) atoms. The lowest BCUT2D eigenvalue weighted by Gasteiger charge is -2.26. The van der Waals surface area contributed by atoms with Crippen LogP contribution in [0.15, 0.2) is 36.4 Å². The van der Waals surface area contributed by atoms with E-state index in [0.29, 0.717) is 0 Å². The Kier molecular flexibility index (Phi) is 10.3. The predicted molar refractivity (Wildman–Crippen MR) is 115 cm³/mol. The van der Waals surface area contributed by atoms with Gasteiger partial charge in [-0.25, -0.2) is 0 Å². The fraction of sp³-hybridized carbons (Fsp3) is 0.615. The summed E-state index contributed by atoms with van der Waals surface area (Å²) < 4.78 is 0. The van der Waals surface area contributed by atoms with E-state index in [1.54, 1.807) is 0 Å². The van der Waals surface area contributed by atoms with Crippen LogP contribution in [-0.4, -0.2) is 0 Å². The van der Waals surface area contributed by atoms with E-state index in [1.165, 1.54) is 82.6 Å². The average molecular weight is 351 g/mol. The SMILES string of the molecule is CCCCCc1ccc(C#CC=CC2CCC(CCCCC)CC2)cc1. The molecule has 0 nitrogen and oxygen atoms in total. The third-order valence-corrected chi connectivity index (χ3v) is 5.80. The third kappa shape index (κ3) is 8.27. The van der Waals surface area contributed by atoms with Crippen LogP contribution in [0, 0.1) is 23.7 Å². The quantitative estimate of drug-likeness (QED) is 0.316. The molecule has 1 saturated carbocycles. The molecule has 0 unspecified atom stereocenters. The van der Waals surface area contributed by atoms with Crippen molar-refractivity contribution in [3.63, 3.8) is 0 Å². The number of allylic oxidation sites excluding steroid dienone is 2. The van der Waals surface area contributed by atoms with Gasteiger partial charge in [0, 0.05) is 5.56 Å². The van der Waals surface area contributed by atoms with Crippen LogP contribution in [0.4, 0.5) is 0 Å². The lowest BCUT2D eigenvalue weighted by atomic mass is 9.79. The first-order chi connectivity index (χ1) is 12.8. The first-order valence-corrected chi connectivity index (χ1v) is 11.1. The van der Waals surface area contributed by atoms with E-state index in [9.17, 15) is 0 Å². The van der Waals surface area contributed by atoms with Gasteiger partial charge in [-0.3, -0.25) is 0 Å². The molecule has 2 rings (SSSR count). The smallest absolute Gasteiger partial charge is 0.0249 e. The maximum Gasteiger partial charge on any atom is 0.0249 e. The molecule has 0 atom stereocenters. The van der Waals surface area contributed by atoms with Gasteiger partial charge in [0.1, 0.15) is 0 Å². The molecule has 0 N–H and O–H groups in total. The summed E-state index contributed by atoms with van der Waals surface area (Å²) in [5.74, 6) is 8.28. The van der Waals surface area contributed by atoms with Gasteiger partial charge < -0.3 is 0 Å². The summed E-state index contributed by atoms with van der Waals surface area (Å²) in [4.78, 5) is 0. The number of rotatable bonds is 9. The number of unbranched alkanes of at least 4 members (excludes halogenated alkanes) is 4. The van der Waals surface area contributed by atoms with E-state index in [-0.39, 0.29) is 0 Å². The summed E-state index contributed by atoms with van der Waals surface area (Å²) >= 11 is 0. The molecule has 0 bridgehead atoms. The van der Waals surface area contributed by atoms with Crippen molar-refractivity contribution in [1.29, 1.82) is 0 Å². The minimum atomic E-state index is 0.757. The van der Waals surface area contributed by atoms with Crippen molar-refractivity contribution in [3.05, 3.63) is 47.5 Å². The molecule has 1 aliphatic rings. The molecule has 0 spiro atoms. The maximum absolute atomic E-state index is 3.29. The fourth-order valence-corrected chi connectivity index (χ4v) is 4.00. The Labute approximate surface area is 162 Å². The summed E-state index contributed by atoms with van der Waals surface area (Å²) in [5.41, 5.74) is 2.57. The van der Waals surface area contributed by atoms with Crippen molar-refractivity contribution in [2.75, 3.05) is 0 Å². The Morgan fingerprint density at radius 3 is 2.27 bits per heavy atom. The van der Waals surface area contributed by atoms with E-state index in [1.807, 2.05) is 0 Å². The van der Waals surface area contributed by atoms with Gasteiger partial charge in [-0.2, -0.15) is 0 Å². The van der Waals surface area contributed by atoms with E-state index in [2.05, 4.69) is 62.1 Å². The van der Waals surface area contributed by atoms with E-state index < -0.39 is 0 Å². The molecule has 0 heteroatoms. The minimum Gasteiger partial charge on any atom is -0.0730 e. The zero-order chi connectivity index (χ0) is 18.5. The highest BCUT2D eigenvalue weighted by Gasteiger charge is 2.18. The standard InChI is InChI=1S/C26H38/c1-3-5-7-11-23-15-19-25(20-16-23)13-9-10-14-26-21-17-24(18-22-26)12-8-6-4-2/h9,13,17-18,21-23,25H,3-8,11-12,15-16,19-20H2,1-2H3. The minimum absolute atomic E-state index is 0.757. The topological polar surface area (TPSA) is 0 Å². The van der Waals surface area contributed by atoms with Crippen LogP contribution in [-0.2, 0) is 6.42 Å². The van der Waals surface area contributed by atoms with Crippen LogP contribution in [0.25, 0.3) is 0 Å². The molecular weight excluding hydrogens is 312 g/mol. The number of aryl methyl sites for hydroxylation is 1. The van der Waals surface area contributed by atoms with E-state index in [0.717, 1.165) is 17.4 Å². The monoisotopic (exact) mass is 350 g/mol. The zero-order valence-electron chi connectivity index (χ0n) is 17.1. The fourth-order valence-electron chi connectivity index (χ4n) is 4.00. The molecule has 142 valence electrons. The van der Waals surface area contributed by atoms with Crippen molar-refractivity contribution in [2.45, 2.75) is 90.9 Å². The Hall–Kier alpha value is -1.48. The average Bonchev–Trinajstić information content (AvgIpc) is 2.68. The molecule has 0 amide bonds. The van der Waals surface area contributed by atoms with Crippen molar-refractivity contribution in [3.8, 4) is 11.8 Å². The summed E-state index contributed by atoms with van der Waals surface area (Å²) in [7, 11) is 0. The van der Waals surface area contributed by atoms with Gasteiger partial charge in [0.25, 0.3) is 0 Å². The first kappa shape index (κ1) is 20.8. The summed E-state index contributed by atoms with van der Waals surface area (Å²) in [6.45, 7) is 4.55. The molecule has 0 aromatic heterocycles. The largest absolute Gasteiger partial charge is 0.0730 e. The molecule has 0 heterocycles.